The summed E-state index contributed by atoms with van der Waals surface area (Å²) in [5.74, 6) is -0.144. The Morgan fingerprint density at radius 1 is 1.04 bits per heavy atom. The van der Waals surface area contributed by atoms with Crippen LogP contribution in [0.25, 0.3) is 0 Å². The molecule has 28 heavy (non-hydrogen) atoms. The minimum atomic E-state index is -0.761. The number of aryl methyl sites for hydroxylation is 1. The van der Waals surface area contributed by atoms with Gasteiger partial charge in [0.25, 0.3) is 0 Å². The van der Waals surface area contributed by atoms with Crippen molar-refractivity contribution in [2.45, 2.75) is 57.4 Å². The van der Waals surface area contributed by atoms with Gasteiger partial charge in [-0.2, -0.15) is 0 Å². The van der Waals surface area contributed by atoms with Gasteiger partial charge in [0, 0.05) is 11.4 Å². The molecule has 2 fully saturated rings. The topological polar surface area (TPSA) is 87.5 Å². The van der Waals surface area contributed by atoms with Crippen molar-refractivity contribution in [3.05, 3.63) is 23.8 Å². The SMILES string of the molecule is Cc1ccc(NC(=O)C2(N)CCCC2)cc1NC(=O)CN1CCCCC1.Cl.Cl. The molecule has 158 valence electrons. The molecule has 2 aliphatic rings. The largest absolute Gasteiger partial charge is 0.325 e. The lowest BCUT2D eigenvalue weighted by atomic mass is 9.98. The lowest BCUT2D eigenvalue weighted by Crippen LogP contribution is -2.48. The van der Waals surface area contributed by atoms with E-state index in [-0.39, 0.29) is 36.6 Å². The second-order valence-electron chi connectivity index (χ2n) is 7.73. The van der Waals surface area contributed by atoms with E-state index in [2.05, 4.69) is 15.5 Å². The number of piperidine rings is 1. The van der Waals surface area contributed by atoms with E-state index in [0.717, 1.165) is 62.9 Å². The number of amides is 2. The van der Waals surface area contributed by atoms with Crippen LogP contribution in [0.5, 0.6) is 0 Å². The van der Waals surface area contributed by atoms with Crippen molar-refractivity contribution in [2.24, 2.45) is 5.73 Å². The summed E-state index contributed by atoms with van der Waals surface area (Å²) in [6.07, 6.45) is 7.02. The van der Waals surface area contributed by atoms with Crippen molar-refractivity contribution < 1.29 is 9.59 Å². The summed E-state index contributed by atoms with van der Waals surface area (Å²) in [7, 11) is 0. The van der Waals surface area contributed by atoms with E-state index in [4.69, 9.17) is 5.73 Å². The van der Waals surface area contributed by atoms with Gasteiger partial charge < -0.3 is 16.4 Å². The third kappa shape index (κ3) is 6.34. The van der Waals surface area contributed by atoms with E-state index in [9.17, 15) is 9.59 Å². The fourth-order valence-electron chi connectivity index (χ4n) is 3.83. The van der Waals surface area contributed by atoms with Gasteiger partial charge in [-0.05, 0) is 63.4 Å². The average molecular weight is 431 g/mol. The molecule has 0 aromatic heterocycles. The number of anilines is 2. The molecule has 4 N–H and O–H groups in total. The van der Waals surface area contributed by atoms with E-state index in [0.29, 0.717) is 12.2 Å². The van der Waals surface area contributed by atoms with Crippen molar-refractivity contribution in [1.82, 2.24) is 4.90 Å². The van der Waals surface area contributed by atoms with Crippen molar-refractivity contribution in [3.63, 3.8) is 0 Å². The number of hydrogen-bond acceptors (Lipinski definition) is 4. The molecule has 1 aliphatic carbocycles. The number of likely N-dealkylation sites (tertiary alicyclic amines) is 1. The maximum absolute atomic E-state index is 12.5. The van der Waals surface area contributed by atoms with Crippen LogP contribution in [-0.2, 0) is 9.59 Å². The third-order valence-corrected chi connectivity index (χ3v) is 5.53. The van der Waals surface area contributed by atoms with Crippen LogP contribution in [0.4, 0.5) is 11.4 Å². The summed E-state index contributed by atoms with van der Waals surface area (Å²) in [4.78, 5) is 27.0. The number of halogens is 2. The zero-order valence-corrected chi connectivity index (χ0v) is 18.1. The van der Waals surface area contributed by atoms with Crippen molar-refractivity contribution in [2.75, 3.05) is 30.3 Å². The van der Waals surface area contributed by atoms with E-state index in [1.54, 1.807) is 0 Å². The molecule has 0 bridgehead atoms. The average Bonchev–Trinajstić information content (AvgIpc) is 3.07. The number of carbonyl (C=O) groups excluding carboxylic acids is 2. The van der Waals surface area contributed by atoms with Crippen molar-refractivity contribution in [3.8, 4) is 0 Å². The Morgan fingerprint density at radius 3 is 2.32 bits per heavy atom. The minimum absolute atomic E-state index is 0. The normalized spacial score (nSPS) is 18.5. The highest BCUT2D eigenvalue weighted by molar-refractivity contribution is 5.99. The van der Waals surface area contributed by atoms with Gasteiger partial charge >= 0.3 is 0 Å². The molecular formula is C20H32Cl2N4O2. The second kappa shape index (κ2) is 11.0. The van der Waals surface area contributed by atoms with E-state index in [1.807, 2.05) is 25.1 Å². The molecule has 0 spiro atoms. The Morgan fingerprint density at radius 2 is 1.68 bits per heavy atom. The molecular weight excluding hydrogens is 399 g/mol. The number of rotatable bonds is 5. The maximum Gasteiger partial charge on any atom is 0.244 e. The first-order chi connectivity index (χ1) is 12.5. The van der Waals surface area contributed by atoms with Gasteiger partial charge in [0.05, 0.1) is 12.1 Å². The molecule has 0 atom stereocenters. The number of nitrogens with zero attached hydrogens (tertiary/aromatic N) is 1. The van der Waals surface area contributed by atoms with Gasteiger partial charge in [0.15, 0.2) is 0 Å². The Kier molecular flexibility index (Phi) is 9.70. The second-order valence-corrected chi connectivity index (χ2v) is 7.73. The predicted octanol–water partition coefficient (Wildman–Crippen LogP) is 3.47. The van der Waals surface area contributed by atoms with Gasteiger partial charge in [0.1, 0.15) is 0 Å². The summed E-state index contributed by atoms with van der Waals surface area (Å²) in [6, 6.07) is 5.58. The third-order valence-electron chi connectivity index (χ3n) is 5.53. The Hall–Kier alpha value is -1.34. The fourth-order valence-corrected chi connectivity index (χ4v) is 3.83. The molecule has 8 heteroatoms. The summed E-state index contributed by atoms with van der Waals surface area (Å²) < 4.78 is 0. The van der Waals surface area contributed by atoms with Gasteiger partial charge in [-0.3, -0.25) is 14.5 Å². The van der Waals surface area contributed by atoms with Gasteiger partial charge in [-0.15, -0.1) is 24.8 Å². The quantitative estimate of drug-likeness (QED) is 0.666. The van der Waals surface area contributed by atoms with E-state index in [1.165, 1.54) is 6.42 Å². The summed E-state index contributed by atoms with van der Waals surface area (Å²) in [5, 5.41) is 5.91. The zero-order valence-electron chi connectivity index (χ0n) is 16.5. The Balaban J connectivity index is 0.00000196. The smallest absolute Gasteiger partial charge is 0.244 e. The number of benzene rings is 1. The van der Waals surface area contributed by atoms with Crippen molar-refractivity contribution >= 4 is 48.0 Å². The van der Waals surface area contributed by atoms with Crippen molar-refractivity contribution in [1.29, 1.82) is 0 Å². The standard InChI is InChI=1S/C20H30N4O2.2ClH/c1-15-7-8-16(22-19(26)20(21)9-3-4-10-20)13-17(15)23-18(25)14-24-11-5-2-6-12-24;;/h7-8,13H,2-6,9-12,14,21H2,1H3,(H,22,26)(H,23,25);2*1H. The fraction of sp³-hybridized carbons (Fsp3) is 0.600. The monoisotopic (exact) mass is 430 g/mol. The predicted molar refractivity (Wildman–Crippen MR) is 119 cm³/mol. The highest BCUT2D eigenvalue weighted by Crippen LogP contribution is 2.29. The molecule has 3 rings (SSSR count). The van der Waals surface area contributed by atoms with Crippen LogP contribution >= 0.6 is 24.8 Å². The van der Waals surface area contributed by atoms with Crippen LogP contribution in [-0.4, -0.2) is 41.9 Å². The van der Waals surface area contributed by atoms with E-state index < -0.39 is 5.54 Å². The summed E-state index contributed by atoms with van der Waals surface area (Å²) in [5.41, 5.74) is 7.84. The highest BCUT2D eigenvalue weighted by Gasteiger charge is 2.37. The minimum Gasteiger partial charge on any atom is -0.325 e. The number of carbonyl (C=O) groups is 2. The molecule has 1 aliphatic heterocycles. The lowest BCUT2D eigenvalue weighted by molar-refractivity contribution is -0.121. The molecule has 1 heterocycles. The Labute approximate surface area is 179 Å². The molecule has 1 aromatic rings. The van der Waals surface area contributed by atoms with Crippen LogP contribution in [0.15, 0.2) is 18.2 Å². The first-order valence-electron chi connectivity index (χ1n) is 9.69. The zero-order chi connectivity index (χ0) is 18.6. The molecule has 6 nitrogen and oxygen atoms in total. The van der Waals surface area contributed by atoms with E-state index >= 15 is 0 Å². The van der Waals surface area contributed by atoms with Gasteiger partial charge in [-0.1, -0.05) is 25.3 Å². The van der Waals surface area contributed by atoms with Crippen LogP contribution < -0.4 is 16.4 Å². The van der Waals surface area contributed by atoms with Gasteiger partial charge in [0.2, 0.25) is 11.8 Å². The van der Waals surface area contributed by atoms with Crippen LogP contribution in [0.2, 0.25) is 0 Å². The first kappa shape index (κ1) is 24.7. The maximum atomic E-state index is 12.5. The molecule has 0 unspecified atom stereocenters. The van der Waals surface area contributed by atoms with Crippen LogP contribution in [0.3, 0.4) is 0 Å². The molecule has 1 aromatic carbocycles. The van der Waals surface area contributed by atoms with Crippen LogP contribution in [0.1, 0.15) is 50.5 Å². The molecule has 1 saturated heterocycles. The highest BCUT2D eigenvalue weighted by atomic mass is 35.5. The first-order valence-corrected chi connectivity index (χ1v) is 9.69. The van der Waals surface area contributed by atoms with Gasteiger partial charge in [-0.25, -0.2) is 0 Å². The summed E-state index contributed by atoms with van der Waals surface area (Å²) >= 11 is 0. The molecule has 1 saturated carbocycles. The van der Waals surface area contributed by atoms with Crippen LogP contribution in [0, 0.1) is 6.92 Å². The Bertz CT molecular complexity index is 672. The number of nitrogens with one attached hydrogen (secondary N) is 2. The summed E-state index contributed by atoms with van der Waals surface area (Å²) in [6.45, 7) is 4.34. The molecule has 2 amide bonds. The molecule has 0 radical (unpaired) electrons. The number of nitrogens with two attached hydrogens (primary N) is 1. The number of hydrogen-bond donors (Lipinski definition) is 3. The lowest BCUT2D eigenvalue weighted by Gasteiger charge is -2.26.